The number of nitrogens with one attached hydrogen (secondary N) is 1. The second kappa shape index (κ2) is 5.30. The first kappa shape index (κ1) is 14.1. The topological polar surface area (TPSA) is 66.1 Å². The zero-order chi connectivity index (χ0) is 16.0. The van der Waals surface area contributed by atoms with Gasteiger partial charge in [-0.1, -0.05) is 12.1 Å². The van der Waals surface area contributed by atoms with Crippen molar-refractivity contribution in [2.75, 3.05) is 6.54 Å². The van der Waals surface area contributed by atoms with Crippen molar-refractivity contribution in [1.82, 2.24) is 14.9 Å². The lowest BCUT2D eigenvalue weighted by atomic mass is 10.1. The fourth-order valence-corrected chi connectivity index (χ4v) is 2.97. The molecule has 1 aliphatic carbocycles. The highest BCUT2D eigenvalue weighted by Gasteiger charge is 2.35. The smallest absolute Gasteiger partial charge is 0.256 e. The lowest BCUT2D eigenvalue weighted by molar-refractivity contribution is -0.133. The predicted octanol–water partition coefficient (Wildman–Crippen LogP) is 1.87. The van der Waals surface area contributed by atoms with Crippen molar-refractivity contribution < 1.29 is 9.18 Å². The summed E-state index contributed by atoms with van der Waals surface area (Å²) in [5.41, 5.74) is 1.54. The van der Waals surface area contributed by atoms with Crippen molar-refractivity contribution in [3.8, 4) is 11.4 Å². The lowest BCUT2D eigenvalue weighted by Gasteiger charge is -2.28. The van der Waals surface area contributed by atoms with Crippen molar-refractivity contribution in [3.05, 3.63) is 51.7 Å². The van der Waals surface area contributed by atoms with Gasteiger partial charge in [-0.25, -0.2) is 9.37 Å². The Morgan fingerprint density at radius 3 is 2.91 bits per heavy atom. The van der Waals surface area contributed by atoms with Gasteiger partial charge in [-0.15, -0.1) is 0 Å². The Balaban J connectivity index is 1.67. The number of aromatic nitrogens is 2. The van der Waals surface area contributed by atoms with Gasteiger partial charge in [0.1, 0.15) is 11.6 Å². The first-order valence-electron chi connectivity index (χ1n) is 7.78. The first-order chi connectivity index (χ1) is 11.1. The molecule has 2 heterocycles. The van der Waals surface area contributed by atoms with Crippen LogP contribution in [0.25, 0.3) is 11.4 Å². The fraction of sp³-hybridized carbons (Fsp3) is 0.353. The second-order valence-corrected chi connectivity index (χ2v) is 6.13. The number of carbonyl (C=O) groups is 1. The molecule has 6 heteroatoms. The number of fused-ring (bicyclic) bond motifs is 1. The summed E-state index contributed by atoms with van der Waals surface area (Å²) in [6, 6.07) is 5.98. The molecule has 4 rings (SSSR count). The minimum Gasteiger partial charge on any atom is -0.337 e. The molecule has 2 aliphatic rings. The van der Waals surface area contributed by atoms with E-state index in [2.05, 4.69) is 9.97 Å². The third kappa shape index (κ3) is 2.65. The molecule has 1 aromatic heterocycles. The van der Waals surface area contributed by atoms with E-state index in [1.165, 1.54) is 12.1 Å². The van der Waals surface area contributed by atoms with Gasteiger partial charge in [-0.05, 0) is 25.0 Å². The largest absolute Gasteiger partial charge is 0.337 e. The molecule has 0 saturated heterocycles. The van der Waals surface area contributed by atoms with Crippen LogP contribution in [0.3, 0.4) is 0 Å². The van der Waals surface area contributed by atoms with Gasteiger partial charge in [0.2, 0.25) is 5.91 Å². The van der Waals surface area contributed by atoms with Crippen LogP contribution in [0.5, 0.6) is 0 Å². The molecule has 5 nitrogen and oxygen atoms in total. The number of carbonyl (C=O) groups excluding carboxylic acids is 1. The Labute approximate surface area is 132 Å². The summed E-state index contributed by atoms with van der Waals surface area (Å²) in [5.74, 6) is 0.290. The molecule has 118 valence electrons. The zero-order valence-electron chi connectivity index (χ0n) is 12.5. The number of H-pyrrole nitrogens is 1. The number of benzene rings is 1. The highest BCUT2D eigenvalue weighted by atomic mass is 19.1. The maximum absolute atomic E-state index is 13.4. The van der Waals surface area contributed by atoms with Gasteiger partial charge in [0.05, 0.1) is 17.8 Å². The fourth-order valence-electron chi connectivity index (χ4n) is 2.97. The minimum atomic E-state index is -0.371. The van der Waals surface area contributed by atoms with E-state index in [0.717, 1.165) is 12.8 Å². The Morgan fingerprint density at radius 1 is 1.35 bits per heavy atom. The molecular weight excluding hydrogens is 297 g/mol. The van der Waals surface area contributed by atoms with E-state index < -0.39 is 0 Å². The van der Waals surface area contributed by atoms with Crippen LogP contribution in [0.1, 0.15) is 24.1 Å². The first-order valence-corrected chi connectivity index (χ1v) is 7.78. The molecule has 0 atom stereocenters. The summed E-state index contributed by atoms with van der Waals surface area (Å²) in [5, 5.41) is 0. The second-order valence-electron chi connectivity index (χ2n) is 6.13. The number of amides is 1. The number of hydrogen-bond donors (Lipinski definition) is 1. The molecule has 1 fully saturated rings. The molecule has 1 aliphatic heterocycles. The normalized spacial score (nSPS) is 17.0. The Bertz CT molecular complexity index is 842. The van der Waals surface area contributed by atoms with E-state index in [0.29, 0.717) is 42.2 Å². The highest BCUT2D eigenvalue weighted by Crippen LogP contribution is 2.32. The molecule has 0 radical (unpaired) electrons. The zero-order valence-corrected chi connectivity index (χ0v) is 12.5. The van der Waals surface area contributed by atoms with Crippen LogP contribution < -0.4 is 5.56 Å². The van der Waals surface area contributed by atoms with Gasteiger partial charge in [-0.3, -0.25) is 9.59 Å². The maximum Gasteiger partial charge on any atom is 0.256 e. The summed E-state index contributed by atoms with van der Waals surface area (Å²) >= 11 is 0. The predicted molar refractivity (Wildman–Crippen MR) is 82.1 cm³/mol. The molecule has 1 aromatic carbocycles. The van der Waals surface area contributed by atoms with Gasteiger partial charge in [0, 0.05) is 24.4 Å². The van der Waals surface area contributed by atoms with Crippen molar-refractivity contribution in [2.24, 2.45) is 5.92 Å². The average Bonchev–Trinajstić information content (AvgIpc) is 3.39. The Morgan fingerprint density at radius 2 is 2.17 bits per heavy atom. The summed E-state index contributed by atoms with van der Waals surface area (Å²) in [6.07, 6.45) is 2.46. The van der Waals surface area contributed by atoms with Crippen LogP contribution in [0, 0.1) is 11.7 Å². The van der Waals surface area contributed by atoms with E-state index in [1.807, 2.05) is 0 Å². The minimum absolute atomic E-state index is 0.143. The average molecular weight is 313 g/mol. The number of rotatable bonds is 2. The van der Waals surface area contributed by atoms with E-state index in [4.69, 9.17) is 0 Å². The van der Waals surface area contributed by atoms with E-state index in [9.17, 15) is 14.0 Å². The standard InChI is InChI=1S/C17H16FN3O2/c18-12-3-1-2-11(8-12)15-19-14-6-7-21(17(23)10-4-5-10)9-13(14)16(22)20-15/h1-3,8,10H,4-7,9H2,(H,19,20,22). The molecule has 0 bridgehead atoms. The van der Waals surface area contributed by atoms with Crippen LogP contribution in [0.15, 0.2) is 29.1 Å². The third-order valence-corrected chi connectivity index (χ3v) is 4.40. The maximum atomic E-state index is 13.4. The number of halogens is 1. The van der Waals surface area contributed by atoms with Gasteiger partial charge >= 0.3 is 0 Å². The van der Waals surface area contributed by atoms with Crippen LogP contribution in [-0.2, 0) is 17.8 Å². The number of nitrogens with zero attached hydrogens (tertiary/aromatic N) is 2. The molecule has 1 amide bonds. The Hall–Kier alpha value is -2.50. The van der Waals surface area contributed by atoms with Crippen LogP contribution in [0.2, 0.25) is 0 Å². The number of aromatic amines is 1. The highest BCUT2D eigenvalue weighted by molar-refractivity contribution is 5.81. The van der Waals surface area contributed by atoms with Crippen molar-refractivity contribution in [2.45, 2.75) is 25.8 Å². The van der Waals surface area contributed by atoms with Crippen molar-refractivity contribution in [3.63, 3.8) is 0 Å². The Kier molecular flexibility index (Phi) is 3.25. The van der Waals surface area contributed by atoms with Crippen molar-refractivity contribution in [1.29, 1.82) is 0 Å². The van der Waals surface area contributed by atoms with Gasteiger partial charge in [0.15, 0.2) is 0 Å². The summed E-state index contributed by atoms with van der Waals surface area (Å²) in [7, 11) is 0. The van der Waals surface area contributed by atoms with Crippen LogP contribution >= 0.6 is 0 Å². The quantitative estimate of drug-likeness (QED) is 0.920. The molecule has 1 saturated carbocycles. The van der Waals surface area contributed by atoms with Gasteiger partial charge in [0.25, 0.3) is 5.56 Å². The molecule has 2 aromatic rings. The van der Waals surface area contributed by atoms with Crippen molar-refractivity contribution >= 4 is 5.91 Å². The summed E-state index contributed by atoms with van der Waals surface area (Å²) < 4.78 is 13.4. The SMILES string of the molecule is O=C(C1CC1)N1CCc2nc(-c3cccc(F)c3)[nH]c(=O)c2C1. The molecule has 0 unspecified atom stereocenters. The molecule has 23 heavy (non-hydrogen) atoms. The van der Waals surface area contributed by atoms with E-state index in [-0.39, 0.29) is 23.2 Å². The van der Waals surface area contributed by atoms with E-state index >= 15 is 0 Å². The van der Waals surface area contributed by atoms with E-state index in [1.54, 1.807) is 17.0 Å². The van der Waals surface area contributed by atoms with Crippen LogP contribution in [0.4, 0.5) is 4.39 Å². The monoisotopic (exact) mass is 313 g/mol. The lowest BCUT2D eigenvalue weighted by Crippen LogP contribution is -2.40. The summed E-state index contributed by atoms with van der Waals surface area (Å²) in [4.78, 5) is 33.5. The third-order valence-electron chi connectivity index (χ3n) is 4.40. The van der Waals surface area contributed by atoms with Gasteiger partial charge in [-0.2, -0.15) is 0 Å². The molecule has 0 spiro atoms. The molecule has 1 N–H and O–H groups in total. The number of hydrogen-bond acceptors (Lipinski definition) is 3. The van der Waals surface area contributed by atoms with Crippen LogP contribution in [-0.4, -0.2) is 27.3 Å². The molecular formula is C17H16FN3O2. The summed E-state index contributed by atoms with van der Waals surface area (Å²) in [6.45, 7) is 0.901. The van der Waals surface area contributed by atoms with Gasteiger partial charge < -0.3 is 9.88 Å².